The highest BCUT2D eigenvalue weighted by atomic mass is 16.5. The number of ether oxygens (including phenoxy) is 1. The summed E-state index contributed by atoms with van der Waals surface area (Å²) < 4.78 is 10.5. The highest BCUT2D eigenvalue weighted by Crippen LogP contribution is 2.29. The van der Waals surface area contributed by atoms with Crippen LogP contribution in [-0.4, -0.2) is 16.7 Å². The number of nitrogens with two attached hydrogens (primary N) is 1. The molecule has 1 aromatic carbocycles. The van der Waals surface area contributed by atoms with Crippen LogP contribution in [0.15, 0.2) is 22.7 Å². The Kier molecular flexibility index (Phi) is 2.11. The molecule has 5 nitrogen and oxygen atoms in total. The number of rotatable bonds is 2. The predicted molar refractivity (Wildman–Crippen MR) is 56.8 cm³/mol. The van der Waals surface area contributed by atoms with Crippen LogP contribution in [0, 0.1) is 0 Å². The second kappa shape index (κ2) is 3.61. The molecule has 0 amide bonds. The molecular formula is C11H11N3O2. The summed E-state index contributed by atoms with van der Waals surface area (Å²) in [6, 6.07) is 5.87. The molecule has 0 spiro atoms. The van der Waals surface area contributed by atoms with Crippen LogP contribution < -0.4 is 10.5 Å². The van der Waals surface area contributed by atoms with Crippen molar-refractivity contribution < 1.29 is 9.26 Å². The van der Waals surface area contributed by atoms with Crippen molar-refractivity contribution in [2.45, 2.75) is 13.0 Å². The van der Waals surface area contributed by atoms with E-state index in [-0.39, 0.29) is 6.54 Å². The quantitative estimate of drug-likeness (QED) is 0.816. The second-order valence-corrected chi connectivity index (χ2v) is 3.64. The Labute approximate surface area is 92.2 Å². The third kappa shape index (κ3) is 1.45. The van der Waals surface area contributed by atoms with E-state index in [9.17, 15) is 0 Å². The zero-order valence-electron chi connectivity index (χ0n) is 8.64. The van der Waals surface area contributed by atoms with Gasteiger partial charge >= 0.3 is 0 Å². The van der Waals surface area contributed by atoms with Crippen molar-refractivity contribution in [2.75, 3.05) is 6.61 Å². The topological polar surface area (TPSA) is 74.2 Å². The molecule has 0 aliphatic carbocycles. The maximum Gasteiger partial charge on any atom is 0.257 e. The van der Waals surface area contributed by atoms with Crippen molar-refractivity contribution in [3.8, 4) is 17.2 Å². The van der Waals surface area contributed by atoms with Gasteiger partial charge in [0.2, 0.25) is 0 Å². The van der Waals surface area contributed by atoms with E-state index in [4.69, 9.17) is 15.0 Å². The molecule has 1 aliphatic rings. The minimum absolute atomic E-state index is 0.289. The molecular weight excluding hydrogens is 206 g/mol. The minimum atomic E-state index is 0.289. The van der Waals surface area contributed by atoms with Gasteiger partial charge in [0.15, 0.2) is 5.82 Å². The fraction of sp³-hybridized carbons (Fsp3) is 0.273. The summed E-state index contributed by atoms with van der Waals surface area (Å²) in [5.41, 5.74) is 7.52. The third-order valence-corrected chi connectivity index (χ3v) is 2.59. The summed E-state index contributed by atoms with van der Waals surface area (Å²) in [6.45, 7) is 1.04. The minimum Gasteiger partial charge on any atom is -0.493 e. The summed E-state index contributed by atoms with van der Waals surface area (Å²) >= 11 is 0. The van der Waals surface area contributed by atoms with Crippen LogP contribution >= 0.6 is 0 Å². The van der Waals surface area contributed by atoms with E-state index in [1.165, 1.54) is 5.56 Å². The smallest absolute Gasteiger partial charge is 0.257 e. The SMILES string of the molecule is NCc1noc(-c2ccc3c(c2)CCO3)n1. The van der Waals surface area contributed by atoms with Crippen molar-refractivity contribution in [1.82, 2.24) is 10.1 Å². The number of benzene rings is 1. The van der Waals surface area contributed by atoms with E-state index < -0.39 is 0 Å². The van der Waals surface area contributed by atoms with Crippen LogP contribution in [0.4, 0.5) is 0 Å². The molecule has 0 radical (unpaired) electrons. The number of hydrogen-bond donors (Lipinski definition) is 1. The number of aromatic nitrogens is 2. The molecule has 0 fully saturated rings. The lowest BCUT2D eigenvalue weighted by molar-refractivity contribution is 0.357. The molecule has 0 saturated heterocycles. The zero-order chi connectivity index (χ0) is 11.0. The van der Waals surface area contributed by atoms with Gasteiger partial charge in [0.25, 0.3) is 5.89 Å². The molecule has 1 aromatic heterocycles. The fourth-order valence-electron chi connectivity index (χ4n) is 1.77. The van der Waals surface area contributed by atoms with Gasteiger partial charge in [-0.15, -0.1) is 0 Å². The maximum atomic E-state index is 5.43. The molecule has 82 valence electrons. The van der Waals surface area contributed by atoms with Crippen LogP contribution in [0.25, 0.3) is 11.5 Å². The Hall–Kier alpha value is -1.88. The van der Waals surface area contributed by atoms with Crippen LogP contribution in [0.1, 0.15) is 11.4 Å². The van der Waals surface area contributed by atoms with Gasteiger partial charge in [-0.2, -0.15) is 4.98 Å². The van der Waals surface area contributed by atoms with Crippen molar-refractivity contribution in [3.05, 3.63) is 29.6 Å². The summed E-state index contributed by atoms with van der Waals surface area (Å²) in [6.07, 6.45) is 0.932. The number of nitrogens with zero attached hydrogens (tertiary/aromatic N) is 2. The first-order valence-electron chi connectivity index (χ1n) is 5.15. The monoisotopic (exact) mass is 217 g/mol. The Morgan fingerprint density at radius 3 is 3.12 bits per heavy atom. The number of fused-ring (bicyclic) bond motifs is 1. The molecule has 2 N–H and O–H groups in total. The lowest BCUT2D eigenvalue weighted by Crippen LogP contribution is -1.97. The largest absolute Gasteiger partial charge is 0.493 e. The van der Waals surface area contributed by atoms with Gasteiger partial charge in [-0.3, -0.25) is 0 Å². The first kappa shape index (κ1) is 9.35. The first-order chi connectivity index (χ1) is 7.86. The van der Waals surface area contributed by atoms with E-state index >= 15 is 0 Å². The van der Waals surface area contributed by atoms with Gasteiger partial charge in [0.1, 0.15) is 5.75 Å². The van der Waals surface area contributed by atoms with Gasteiger partial charge in [0.05, 0.1) is 13.2 Å². The van der Waals surface area contributed by atoms with Crippen molar-refractivity contribution in [1.29, 1.82) is 0 Å². The lowest BCUT2D eigenvalue weighted by Gasteiger charge is -1.99. The highest BCUT2D eigenvalue weighted by molar-refractivity contribution is 5.57. The van der Waals surface area contributed by atoms with Crippen molar-refractivity contribution >= 4 is 0 Å². The maximum absolute atomic E-state index is 5.43. The summed E-state index contributed by atoms with van der Waals surface area (Å²) in [5.74, 6) is 1.98. The molecule has 3 rings (SSSR count). The van der Waals surface area contributed by atoms with E-state index in [0.717, 1.165) is 24.3 Å². The lowest BCUT2D eigenvalue weighted by atomic mass is 10.1. The second-order valence-electron chi connectivity index (χ2n) is 3.64. The average Bonchev–Trinajstić information content (AvgIpc) is 2.96. The van der Waals surface area contributed by atoms with Gasteiger partial charge in [0, 0.05) is 12.0 Å². The summed E-state index contributed by atoms with van der Waals surface area (Å²) in [4.78, 5) is 4.18. The molecule has 2 aromatic rings. The predicted octanol–water partition coefficient (Wildman–Crippen LogP) is 1.13. The summed E-state index contributed by atoms with van der Waals surface area (Å²) in [7, 11) is 0. The average molecular weight is 217 g/mol. The van der Waals surface area contributed by atoms with Crippen LogP contribution in [0.2, 0.25) is 0 Å². The molecule has 0 bridgehead atoms. The normalized spacial score (nSPS) is 13.6. The Morgan fingerprint density at radius 1 is 1.38 bits per heavy atom. The van der Waals surface area contributed by atoms with Crippen molar-refractivity contribution in [2.24, 2.45) is 5.73 Å². The van der Waals surface area contributed by atoms with Crippen LogP contribution in [0.5, 0.6) is 5.75 Å². The first-order valence-corrected chi connectivity index (χ1v) is 5.15. The van der Waals surface area contributed by atoms with Crippen LogP contribution in [-0.2, 0) is 13.0 Å². The van der Waals surface area contributed by atoms with Gasteiger partial charge in [-0.25, -0.2) is 0 Å². The van der Waals surface area contributed by atoms with Crippen molar-refractivity contribution in [3.63, 3.8) is 0 Å². The fourth-order valence-corrected chi connectivity index (χ4v) is 1.77. The summed E-state index contributed by atoms with van der Waals surface area (Å²) in [5, 5.41) is 3.76. The Balaban J connectivity index is 2.00. The molecule has 0 unspecified atom stereocenters. The van der Waals surface area contributed by atoms with E-state index in [2.05, 4.69) is 10.1 Å². The molecule has 0 atom stereocenters. The van der Waals surface area contributed by atoms with E-state index in [1.807, 2.05) is 18.2 Å². The molecule has 2 heterocycles. The van der Waals surface area contributed by atoms with Gasteiger partial charge in [-0.1, -0.05) is 5.16 Å². The molecule has 16 heavy (non-hydrogen) atoms. The van der Waals surface area contributed by atoms with E-state index in [0.29, 0.717) is 11.7 Å². The Bertz CT molecular complexity index is 522. The zero-order valence-corrected chi connectivity index (χ0v) is 8.64. The van der Waals surface area contributed by atoms with Gasteiger partial charge < -0.3 is 15.0 Å². The molecule has 0 saturated carbocycles. The Morgan fingerprint density at radius 2 is 2.31 bits per heavy atom. The highest BCUT2D eigenvalue weighted by Gasteiger charge is 2.15. The number of hydrogen-bond acceptors (Lipinski definition) is 5. The standard InChI is InChI=1S/C11H11N3O2/c12-6-10-13-11(16-14-10)8-1-2-9-7(5-8)3-4-15-9/h1-2,5H,3-4,6,12H2. The van der Waals surface area contributed by atoms with Gasteiger partial charge in [-0.05, 0) is 23.8 Å². The van der Waals surface area contributed by atoms with E-state index in [1.54, 1.807) is 0 Å². The third-order valence-electron chi connectivity index (χ3n) is 2.59. The molecule has 5 heteroatoms. The van der Waals surface area contributed by atoms with Crippen LogP contribution in [0.3, 0.4) is 0 Å². The molecule has 1 aliphatic heterocycles.